The standard InChI is InChI=1S/C16H18FN3O/c1-9-5-10(2)7-12(6-9)14-11(8-18)3-4-13(17)15(14)20-16(19)21/h3-7H,8,18H2,1-2H3,(H3,19,20,21). The molecule has 0 radical (unpaired) electrons. The van der Waals surface area contributed by atoms with Gasteiger partial charge in [-0.05, 0) is 31.0 Å². The van der Waals surface area contributed by atoms with Crippen molar-refractivity contribution in [2.45, 2.75) is 20.4 Å². The number of amides is 2. The number of nitrogens with one attached hydrogen (secondary N) is 1. The Morgan fingerprint density at radius 2 is 1.81 bits per heavy atom. The number of hydrogen-bond acceptors (Lipinski definition) is 2. The number of halogens is 1. The third-order valence-electron chi connectivity index (χ3n) is 3.22. The highest BCUT2D eigenvalue weighted by Gasteiger charge is 2.16. The molecule has 2 rings (SSSR count). The Bertz CT molecular complexity index is 678. The molecule has 0 bridgehead atoms. The first-order valence-corrected chi connectivity index (χ1v) is 6.59. The summed E-state index contributed by atoms with van der Waals surface area (Å²) in [5.74, 6) is -0.542. The lowest BCUT2D eigenvalue weighted by Gasteiger charge is -2.16. The van der Waals surface area contributed by atoms with Crippen LogP contribution in [0.1, 0.15) is 16.7 Å². The van der Waals surface area contributed by atoms with Crippen molar-refractivity contribution in [2.75, 3.05) is 5.32 Å². The summed E-state index contributed by atoms with van der Waals surface area (Å²) in [6.07, 6.45) is 0. The second-order valence-electron chi connectivity index (χ2n) is 5.03. The third kappa shape index (κ3) is 3.20. The van der Waals surface area contributed by atoms with Gasteiger partial charge in [-0.15, -0.1) is 0 Å². The number of primary amides is 1. The number of urea groups is 1. The molecular formula is C16H18FN3O. The van der Waals surface area contributed by atoms with Crippen LogP contribution >= 0.6 is 0 Å². The number of benzene rings is 2. The summed E-state index contributed by atoms with van der Waals surface area (Å²) in [5.41, 5.74) is 15.2. The summed E-state index contributed by atoms with van der Waals surface area (Å²) in [7, 11) is 0. The minimum absolute atomic E-state index is 0.0652. The highest BCUT2D eigenvalue weighted by atomic mass is 19.1. The maximum Gasteiger partial charge on any atom is 0.316 e. The Hall–Kier alpha value is -2.40. The van der Waals surface area contributed by atoms with Gasteiger partial charge in [0.15, 0.2) is 0 Å². The highest BCUT2D eigenvalue weighted by Crippen LogP contribution is 2.34. The predicted molar refractivity (Wildman–Crippen MR) is 82.4 cm³/mol. The van der Waals surface area contributed by atoms with Gasteiger partial charge in [-0.3, -0.25) is 0 Å². The number of hydrogen-bond donors (Lipinski definition) is 3. The molecule has 0 unspecified atom stereocenters. The van der Waals surface area contributed by atoms with Crippen molar-refractivity contribution in [3.63, 3.8) is 0 Å². The van der Waals surface area contributed by atoms with Crippen LogP contribution in [0.2, 0.25) is 0 Å². The van der Waals surface area contributed by atoms with Crippen LogP contribution in [0.5, 0.6) is 0 Å². The van der Waals surface area contributed by atoms with Crippen molar-refractivity contribution in [2.24, 2.45) is 11.5 Å². The topological polar surface area (TPSA) is 81.1 Å². The Kier molecular flexibility index (Phi) is 4.23. The van der Waals surface area contributed by atoms with Crippen molar-refractivity contribution < 1.29 is 9.18 Å². The fourth-order valence-electron chi connectivity index (χ4n) is 2.48. The van der Waals surface area contributed by atoms with Gasteiger partial charge in [-0.1, -0.05) is 35.4 Å². The van der Waals surface area contributed by atoms with E-state index < -0.39 is 11.8 Å². The van der Waals surface area contributed by atoms with E-state index >= 15 is 0 Å². The zero-order valence-electron chi connectivity index (χ0n) is 12.0. The first-order valence-electron chi connectivity index (χ1n) is 6.59. The van der Waals surface area contributed by atoms with Gasteiger partial charge in [-0.25, -0.2) is 9.18 Å². The lowest BCUT2D eigenvalue weighted by molar-refractivity contribution is 0.259. The maximum atomic E-state index is 14.1. The van der Waals surface area contributed by atoms with Crippen LogP contribution in [0.25, 0.3) is 11.1 Å². The largest absolute Gasteiger partial charge is 0.351 e. The Labute approximate surface area is 123 Å². The van der Waals surface area contributed by atoms with Gasteiger partial charge in [-0.2, -0.15) is 0 Å². The predicted octanol–water partition coefficient (Wildman–Crippen LogP) is 3.06. The van der Waals surface area contributed by atoms with E-state index in [2.05, 4.69) is 5.32 Å². The normalized spacial score (nSPS) is 10.5. The SMILES string of the molecule is Cc1cc(C)cc(-c2c(CN)ccc(F)c2NC(N)=O)c1. The molecule has 110 valence electrons. The molecule has 0 spiro atoms. The average molecular weight is 287 g/mol. The van der Waals surface area contributed by atoms with Crippen molar-refractivity contribution in [1.29, 1.82) is 0 Å². The van der Waals surface area contributed by atoms with Crippen molar-refractivity contribution in [3.8, 4) is 11.1 Å². The molecule has 0 fully saturated rings. The second-order valence-corrected chi connectivity index (χ2v) is 5.03. The van der Waals surface area contributed by atoms with Crippen molar-refractivity contribution in [1.82, 2.24) is 0 Å². The summed E-state index contributed by atoms with van der Waals surface area (Å²) < 4.78 is 14.1. The smallest absolute Gasteiger partial charge is 0.316 e. The zero-order chi connectivity index (χ0) is 15.6. The van der Waals surface area contributed by atoms with Gasteiger partial charge in [0.2, 0.25) is 0 Å². The lowest BCUT2D eigenvalue weighted by Crippen LogP contribution is -2.21. The number of rotatable bonds is 3. The first kappa shape index (κ1) is 15.0. The van der Waals surface area contributed by atoms with E-state index in [1.54, 1.807) is 6.07 Å². The van der Waals surface area contributed by atoms with Crippen LogP contribution in [0.3, 0.4) is 0 Å². The molecule has 0 aliphatic heterocycles. The van der Waals surface area contributed by atoms with Gasteiger partial charge in [0, 0.05) is 12.1 Å². The summed E-state index contributed by atoms with van der Waals surface area (Å²) in [6, 6.07) is 7.95. The summed E-state index contributed by atoms with van der Waals surface area (Å²) in [6.45, 7) is 4.15. The van der Waals surface area contributed by atoms with Gasteiger partial charge < -0.3 is 16.8 Å². The van der Waals surface area contributed by atoms with Crippen LogP contribution in [0.4, 0.5) is 14.9 Å². The fourth-order valence-corrected chi connectivity index (χ4v) is 2.48. The van der Waals surface area contributed by atoms with Crippen LogP contribution in [-0.4, -0.2) is 6.03 Å². The number of aryl methyl sites for hydroxylation is 2. The van der Waals surface area contributed by atoms with Crippen LogP contribution in [-0.2, 0) is 6.54 Å². The van der Waals surface area contributed by atoms with E-state index in [0.29, 0.717) is 5.56 Å². The molecule has 2 aromatic carbocycles. The third-order valence-corrected chi connectivity index (χ3v) is 3.22. The molecule has 0 atom stereocenters. The molecule has 0 aliphatic rings. The second kappa shape index (κ2) is 5.93. The number of carbonyl (C=O) groups is 1. The van der Waals surface area contributed by atoms with Gasteiger partial charge in [0.1, 0.15) is 5.82 Å². The number of nitrogens with two attached hydrogens (primary N) is 2. The summed E-state index contributed by atoms with van der Waals surface area (Å²) in [5, 5.41) is 2.36. The van der Waals surface area contributed by atoms with E-state index in [-0.39, 0.29) is 12.2 Å². The molecule has 5 heteroatoms. The highest BCUT2D eigenvalue weighted by molar-refractivity contribution is 5.94. The molecule has 4 nitrogen and oxygen atoms in total. The van der Waals surface area contributed by atoms with Crippen molar-refractivity contribution >= 4 is 11.7 Å². The molecule has 21 heavy (non-hydrogen) atoms. The minimum atomic E-state index is -0.811. The minimum Gasteiger partial charge on any atom is -0.351 e. The Morgan fingerprint density at radius 3 is 2.33 bits per heavy atom. The molecule has 0 aromatic heterocycles. The molecule has 0 heterocycles. The molecule has 0 saturated carbocycles. The van der Waals surface area contributed by atoms with Crippen molar-refractivity contribution in [3.05, 3.63) is 52.8 Å². The van der Waals surface area contributed by atoms with E-state index in [1.807, 2.05) is 32.0 Å². The Balaban J connectivity index is 2.74. The van der Waals surface area contributed by atoms with Gasteiger partial charge in [0.25, 0.3) is 0 Å². The summed E-state index contributed by atoms with van der Waals surface area (Å²) >= 11 is 0. The quantitative estimate of drug-likeness (QED) is 0.811. The molecule has 0 saturated heterocycles. The summed E-state index contributed by atoms with van der Waals surface area (Å²) in [4.78, 5) is 11.2. The van der Waals surface area contributed by atoms with E-state index in [1.165, 1.54) is 6.07 Å². The lowest BCUT2D eigenvalue weighted by atomic mass is 9.94. The van der Waals surface area contributed by atoms with E-state index in [0.717, 1.165) is 22.3 Å². The zero-order valence-corrected chi connectivity index (χ0v) is 12.0. The van der Waals surface area contributed by atoms with Crippen LogP contribution < -0.4 is 16.8 Å². The molecule has 5 N–H and O–H groups in total. The van der Waals surface area contributed by atoms with Crippen LogP contribution in [0.15, 0.2) is 30.3 Å². The van der Waals surface area contributed by atoms with Gasteiger partial charge >= 0.3 is 6.03 Å². The fraction of sp³-hybridized carbons (Fsp3) is 0.188. The van der Waals surface area contributed by atoms with E-state index in [4.69, 9.17) is 11.5 Å². The monoisotopic (exact) mass is 287 g/mol. The maximum absolute atomic E-state index is 14.1. The first-order chi connectivity index (χ1) is 9.92. The number of anilines is 1. The molecule has 0 aliphatic carbocycles. The van der Waals surface area contributed by atoms with Gasteiger partial charge in [0.05, 0.1) is 5.69 Å². The molecule has 2 aromatic rings. The number of carbonyl (C=O) groups excluding carboxylic acids is 1. The Morgan fingerprint density at radius 1 is 1.19 bits per heavy atom. The molecule has 2 amide bonds. The van der Waals surface area contributed by atoms with E-state index in [9.17, 15) is 9.18 Å². The van der Waals surface area contributed by atoms with Crippen LogP contribution in [0, 0.1) is 19.7 Å². The molecular weight excluding hydrogens is 269 g/mol. The average Bonchev–Trinajstić information content (AvgIpc) is 2.39.